The van der Waals surface area contributed by atoms with Gasteiger partial charge in [-0.3, -0.25) is 0 Å². The smallest absolute Gasteiger partial charge is 0.167 e. The minimum atomic E-state index is -0.364. The van der Waals surface area contributed by atoms with Crippen LogP contribution in [0.15, 0.2) is 0 Å². The minimum Gasteiger partial charge on any atom is -0.423 e. The van der Waals surface area contributed by atoms with Gasteiger partial charge in [-0.25, -0.2) is 0 Å². The molecule has 110 valence electrons. The highest BCUT2D eigenvalue weighted by molar-refractivity contribution is 9.09. The molecule has 0 saturated heterocycles. The van der Waals surface area contributed by atoms with Crippen LogP contribution in [-0.2, 0) is 4.43 Å². The maximum atomic E-state index is 5.94. The van der Waals surface area contributed by atoms with Gasteiger partial charge in [0.1, 0.15) is 0 Å². The van der Waals surface area contributed by atoms with E-state index in [-0.39, 0.29) is 9.76 Å². The second-order valence-electron chi connectivity index (χ2n) is 6.36. The zero-order valence-corrected chi connectivity index (χ0v) is 15.9. The highest BCUT2D eigenvalue weighted by atomic mass is 79.9. The summed E-state index contributed by atoms with van der Waals surface area (Å²) in [4.78, 5) is 0. The summed E-state index contributed by atoms with van der Waals surface area (Å²) in [6.45, 7) is 10.3. The second-order valence-corrected chi connectivity index (χ2v) is 9.67. The van der Waals surface area contributed by atoms with Crippen molar-refractivity contribution in [1.82, 2.24) is 0 Å². The molecule has 0 N–H and O–H groups in total. The highest BCUT2D eigenvalue weighted by Gasteiger charge is 2.23. The van der Waals surface area contributed by atoms with Crippen molar-refractivity contribution < 1.29 is 4.43 Å². The molecule has 1 nitrogen and oxygen atoms in total. The van der Waals surface area contributed by atoms with Crippen LogP contribution in [0.1, 0.15) is 72.6 Å². The van der Waals surface area contributed by atoms with Crippen molar-refractivity contribution in [3.05, 3.63) is 0 Å². The monoisotopic (exact) mass is 336 g/mol. The summed E-state index contributed by atoms with van der Waals surface area (Å²) < 4.78 is 5.94. The van der Waals surface area contributed by atoms with Crippen molar-refractivity contribution in [2.45, 2.75) is 77.7 Å². The lowest BCUT2D eigenvalue weighted by Gasteiger charge is -2.28. The molecule has 3 heteroatoms. The highest BCUT2D eigenvalue weighted by Crippen LogP contribution is 2.32. The molecule has 0 unspecified atom stereocenters. The van der Waals surface area contributed by atoms with Crippen LogP contribution >= 0.6 is 15.9 Å². The summed E-state index contributed by atoms with van der Waals surface area (Å²) in [6, 6.07) is 0. The van der Waals surface area contributed by atoms with Gasteiger partial charge in [-0.15, -0.1) is 0 Å². The number of alkyl halides is 1. The Morgan fingerprint density at radius 3 is 1.94 bits per heavy atom. The minimum absolute atomic E-state index is 0.364. The molecule has 0 aliphatic heterocycles. The summed E-state index contributed by atoms with van der Waals surface area (Å²) >= 11 is 3.47. The molecule has 0 atom stereocenters. The molecule has 0 aromatic carbocycles. The van der Waals surface area contributed by atoms with Gasteiger partial charge in [0.25, 0.3) is 0 Å². The lowest BCUT2D eigenvalue weighted by atomic mass is 9.99. The number of rotatable bonds is 12. The molecule has 0 amide bonds. The Labute approximate surface area is 126 Å². The van der Waals surface area contributed by atoms with Crippen LogP contribution in [0.2, 0.25) is 5.04 Å². The lowest BCUT2D eigenvalue weighted by Crippen LogP contribution is -2.22. The zero-order chi connectivity index (χ0) is 13.9. The Kier molecular flexibility index (Phi) is 11.9. The van der Waals surface area contributed by atoms with Gasteiger partial charge < -0.3 is 4.43 Å². The van der Waals surface area contributed by atoms with Gasteiger partial charge in [-0.1, -0.05) is 75.7 Å². The van der Waals surface area contributed by atoms with Crippen LogP contribution < -0.4 is 0 Å². The van der Waals surface area contributed by atoms with Gasteiger partial charge in [-0.05, 0) is 23.8 Å². The molecule has 0 saturated carbocycles. The van der Waals surface area contributed by atoms with Crippen molar-refractivity contribution in [2.75, 3.05) is 11.9 Å². The molecule has 0 aromatic rings. The van der Waals surface area contributed by atoms with Gasteiger partial charge in [0.2, 0.25) is 0 Å². The third-order valence-electron chi connectivity index (χ3n) is 3.96. The number of halogens is 1. The van der Waals surface area contributed by atoms with Crippen LogP contribution in [0, 0.1) is 5.92 Å². The van der Waals surface area contributed by atoms with E-state index in [1.807, 2.05) is 0 Å². The molecule has 0 aliphatic rings. The summed E-state index contributed by atoms with van der Waals surface area (Å²) in [6.07, 6.45) is 9.53. The first-order chi connectivity index (χ1) is 8.50. The fourth-order valence-electron chi connectivity index (χ4n) is 1.68. The molecule has 0 fully saturated rings. The molecular formula is C15H33BrOSi. The SMILES string of the molecule is CC(C)C(C)(C)[SiH2]OCCCCCCCCCBr. The van der Waals surface area contributed by atoms with E-state index in [0.29, 0.717) is 5.04 Å². The first-order valence-electron chi connectivity index (χ1n) is 7.64. The Morgan fingerprint density at radius 2 is 1.44 bits per heavy atom. The van der Waals surface area contributed by atoms with E-state index in [9.17, 15) is 0 Å². The maximum Gasteiger partial charge on any atom is 0.167 e. The van der Waals surface area contributed by atoms with Crippen molar-refractivity contribution in [1.29, 1.82) is 0 Å². The largest absolute Gasteiger partial charge is 0.423 e. The van der Waals surface area contributed by atoms with Crippen LogP contribution in [0.25, 0.3) is 0 Å². The molecule has 0 radical (unpaired) electrons. The Bertz CT molecular complexity index is 183. The van der Waals surface area contributed by atoms with Crippen LogP contribution in [0.5, 0.6) is 0 Å². The standard InChI is InChI=1S/C15H33BrOSi/c1-14(2)15(3,4)18-17-13-11-9-7-5-6-8-10-12-16/h14H,5-13,18H2,1-4H3. The van der Waals surface area contributed by atoms with Gasteiger partial charge >= 0.3 is 0 Å². The van der Waals surface area contributed by atoms with Crippen LogP contribution in [-0.4, -0.2) is 21.7 Å². The van der Waals surface area contributed by atoms with Crippen LogP contribution in [0.4, 0.5) is 0 Å². The average molecular weight is 337 g/mol. The Balaban J connectivity index is 3.21. The third kappa shape index (κ3) is 10.6. The number of unbranched alkanes of at least 4 members (excludes halogenated alkanes) is 6. The van der Waals surface area contributed by atoms with Gasteiger partial charge in [0.05, 0.1) is 0 Å². The maximum absolute atomic E-state index is 5.94. The molecule has 0 rings (SSSR count). The Hall–Kier alpha value is 0.657. The fourth-order valence-corrected chi connectivity index (χ4v) is 3.29. The predicted molar refractivity (Wildman–Crippen MR) is 89.5 cm³/mol. The summed E-state index contributed by atoms with van der Waals surface area (Å²) in [5.41, 5.74) is 0. The summed E-state index contributed by atoms with van der Waals surface area (Å²) in [5, 5.41) is 1.62. The second kappa shape index (κ2) is 11.5. The van der Waals surface area contributed by atoms with E-state index in [2.05, 4.69) is 43.6 Å². The quantitative estimate of drug-likeness (QED) is 0.274. The Morgan fingerprint density at radius 1 is 0.944 bits per heavy atom. The van der Waals surface area contributed by atoms with Crippen molar-refractivity contribution in [3.63, 3.8) is 0 Å². The molecule has 0 aliphatic carbocycles. The lowest BCUT2D eigenvalue weighted by molar-refractivity contribution is 0.291. The van der Waals surface area contributed by atoms with Crippen molar-refractivity contribution in [2.24, 2.45) is 5.92 Å². The van der Waals surface area contributed by atoms with Gasteiger partial charge in [0, 0.05) is 11.9 Å². The van der Waals surface area contributed by atoms with Crippen LogP contribution in [0.3, 0.4) is 0 Å². The van der Waals surface area contributed by atoms with Gasteiger partial charge in [0.15, 0.2) is 9.76 Å². The predicted octanol–water partition coefficient (Wildman–Crippen LogP) is 5.07. The normalized spacial score (nSPS) is 13.0. The third-order valence-corrected chi connectivity index (χ3v) is 6.57. The molecule has 0 bridgehead atoms. The molecule has 18 heavy (non-hydrogen) atoms. The molecule has 0 spiro atoms. The van der Waals surface area contributed by atoms with E-state index in [0.717, 1.165) is 17.9 Å². The zero-order valence-electron chi connectivity index (χ0n) is 12.9. The first kappa shape index (κ1) is 18.7. The van der Waals surface area contributed by atoms with E-state index >= 15 is 0 Å². The number of hydrogen-bond donors (Lipinski definition) is 0. The summed E-state index contributed by atoms with van der Waals surface area (Å²) in [5.74, 6) is 0.749. The molecular weight excluding hydrogens is 304 g/mol. The topological polar surface area (TPSA) is 9.23 Å². The van der Waals surface area contributed by atoms with Crippen molar-refractivity contribution in [3.8, 4) is 0 Å². The van der Waals surface area contributed by atoms with E-state index in [4.69, 9.17) is 4.43 Å². The number of hydrogen-bond acceptors (Lipinski definition) is 1. The molecule has 0 aromatic heterocycles. The van der Waals surface area contributed by atoms with Gasteiger partial charge in [-0.2, -0.15) is 0 Å². The summed E-state index contributed by atoms with van der Waals surface area (Å²) in [7, 11) is -0.364. The fraction of sp³-hybridized carbons (Fsp3) is 1.00. The van der Waals surface area contributed by atoms with E-state index < -0.39 is 0 Å². The molecule has 0 heterocycles. The van der Waals surface area contributed by atoms with E-state index in [1.165, 1.54) is 44.9 Å². The van der Waals surface area contributed by atoms with E-state index in [1.54, 1.807) is 0 Å². The average Bonchev–Trinajstić information content (AvgIpc) is 2.31. The van der Waals surface area contributed by atoms with Crippen molar-refractivity contribution >= 4 is 25.7 Å². The first-order valence-corrected chi connectivity index (χ1v) is 10.0.